The maximum absolute atomic E-state index is 12.5. The number of carbonyl (C=O) groups excluding carboxylic acids is 1. The molecule has 0 heterocycles. The van der Waals surface area contributed by atoms with E-state index in [4.69, 9.17) is 0 Å². The van der Waals surface area contributed by atoms with Crippen molar-refractivity contribution in [2.75, 3.05) is 12.4 Å². The van der Waals surface area contributed by atoms with E-state index in [1.54, 1.807) is 0 Å². The minimum atomic E-state index is 0.0492. The molecule has 20 heavy (non-hydrogen) atoms. The van der Waals surface area contributed by atoms with Crippen molar-refractivity contribution in [2.24, 2.45) is 5.92 Å². The minimum absolute atomic E-state index is 0.0492. The van der Waals surface area contributed by atoms with Gasteiger partial charge in [-0.15, -0.1) is 0 Å². The molecule has 1 fully saturated rings. The first-order chi connectivity index (χ1) is 9.61. The van der Waals surface area contributed by atoms with Crippen molar-refractivity contribution in [3.05, 3.63) is 29.3 Å². The second kappa shape index (κ2) is 6.78. The summed E-state index contributed by atoms with van der Waals surface area (Å²) < 4.78 is 0. The number of aryl methyl sites for hydroxylation is 1. The van der Waals surface area contributed by atoms with Crippen molar-refractivity contribution >= 4 is 11.6 Å². The lowest BCUT2D eigenvalue weighted by atomic mass is 9.96. The van der Waals surface area contributed by atoms with Crippen LogP contribution in [0, 0.1) is 12.8 Å². The molecule has 0 aromatic heterocycles. The van der Waals surface area contributed by atoms with E-state index in [1.807, 2.05) is 32.2 Å². The van der Waals surface area contributed by atoms with Gasteiger partial charge in [-0.3, -0.25) is 4.79 Å². The first kappa shape index (κ1) is 14.9. The highest BCUT2D eigenvalue weighted by atomic mass is 16.1. The van der Waals surface area contributed by atoms with Crippen molar-refractivity contribution < 1.29 is 4.79 Å². The maximum atomic E-state index is 12.5. The summed E-state index contributed by atoms with van der Waals surface area (Å²) >= 11 is 0. The van der Waals surface area contributed by atoms with Gasteiger partial charge < -0.3 is 10.6 Å². The first-order valence-electron chi connectivity index (χ1n) is 7.71. The zero-order valence-electron chi connectivity index (χ0n) is 12.8. The van der Waals surface area contributed by atoms with E-state index in [0.29, 0.717) is 12.0 Å². The van der Waals surface area contributed by atoms with Crippen LogP contribution in [0.15, 0.2) is 18.2 Å². The number of anilines is 1. The van der Waals surface area contributed by atoms with E-state index in [2.05, 4.69) is 17.6 Å². The van der Waals surface area contributed by atoms with Crippen molar-refractivity contribution in [1.82, 2.24) is 5.32 Å². The van der Waals surface area contributed by atoms with Gasteiger partial charge in [0.1, 0.15) is 0 Å². The largest absolute Gasteiger partial charge is 0.387 e. The zero-order valence-corrected chi connectivity index (χ0v) is 12.8. The molecule has 2 N–H and O–H groups in total. The molecular formula is C17H26N2O. The Labute approximate surface area is 122 Å². The van der Waals surface area contributed by atoms with Gasteiger partial charge in [0.15, 0.2) is 0 Å². The zero-order chi connectivity index (χ0) is 14.5. The van der Waals surface area contributed by atoms with Gasteiger partial charge in [0.2, 0.25) is 0 Å². The number of amides is 1. The number of benzene rings is 1. The van der Waals surface area contributed by atoms with E-state index in [9.17, 15) is 4.79 Å². The van der Waals surface area contributed by atoms with Crippen LogP contribution in [0.3, 0.4) is 0 Å². The summed E-state index contributed by atoms with van der Waals surface area (Å²) in [6.07, 6.45) is 6.14. The molecule has 3 nitrogen and oxygen atoms in total. The monoisotopic (exact) mass is 274 g/mol. The molecule has 3 heteroatoms. The van der Waals surface area contributed by atoms with E-state index in [0.717, 1.165) is 23.2 Å². The van der Waals surface area contributed by atoms with Gasteiger partial charge in [0.05, 0.1) is 5.56 Å². The molecular weight excluding hydrogens is 248 g/mol. The number of rotatable bonds is 3. The molecule has 1 aliphatic rings. The Balaban J connectivity index is 2.11. The van der Waals surface area contributed by atoms with Gasteiger partial charge in [0.25, 0.3) is 5.91 Å². The fourth-order valence-electron chi connectivity index (χ4n) is 3.02. The molecule has 0 saturated heterocycles. The van der Waals surface area contributed by atoms with Gasteiger partial charge in [-0.1, -0.05) is 32.3 Å². The van der Waals surface area contributed by atoms with Crippen LogP contribution in [-0.4, -0.2) is 19.0 Å². The van der Waals surface area contributed by atoms with Gasteiger partial charge >= 0.3 is 0 Å². The molecule has 0 radical (unpaired) electrons. The summed E-state index contributed by atoms with van der Waals surface area (Å²) in [7, 11) is 1.86. The van der Waals surface area contributed by atoms with Crippen molar-refractivity contribution in [3.63, 3.8) is 0 Å². The lowest BCUT2D eigenvalue weighted by Crippen LogP contribution is -2.39. The minimum Gasteiger partial charge on any atom is -0.387 e. The molecule has 2 unspecified atom stereocenters. The molecule has 0 spiro atoms. The predicted molar refractivity (Wildman–Crippen MR) is 84.2 cm³/mol. The van der Waals surface area contributed by atoms with E-state index < -0.39 is 0 Å². The third kappa shape index (κ3) is 3.53. The van der Waals surface area contributed by atoms with Crippen LogP contribution >= 0.6 is 0 Å². The highest BCUT2D eigenvalue weighted by Crippen LogP contribution is 2.24. The Hall–Kier alpha value is -1.51. The third-order valence-corrected chi connectivity index (χ3v) is 4.37. The number of hydrogen-bond acceptors (Lipinski definition) is 2. The molecule has 110 valence electrons. The number of carbonyl (C=O) groups is 1. The summed E-state index contributed by atoms with van der Waals surface area (Å²) in [5.74, 6) is 0.623. The van der Waals surface area contributed by atoms with Gasteiger partial charge in [-0.2, -0.15) is 0 Å². The Morgan fingerprint density at radius 3 is 2.70 bits per heavy atom. The molecule has 0 bridgehead atoms. The fourth-order valence-corrected chi connectivity index (χ4v) is 3.02. The third-order valence-electron chi connectivity index (χ3n) is 4.37. The summed E-state index contributed by atoms with van der Waals surface area (Å²) in [4.78, 5) is 12.5. The summed E-state index contributed by atoms with van der Waals surface area (Å²) in [5, 5.41) is 6.36. The van der Waals surface area contributed by atoms with Crippen LogP contribution in [-0.2, 0) is 0 Å². The maximum Gasteiger partial charge on any atom is 0.253 e. The lowest BCUT2D eigenvalue weighted by molar-refractivity contribution is 0.0922. The highest BCUT2D eigenvalue weighted by molar-refractivity contribution is 5.99. The molecule has 1 aromatic rings. The predicted octanol–water partition coefficient (Wildman–Crippen LogP) is 3.74. The summed E-state index contributed by atoms with van der Waals surface area (Å²) in [5.41, 5.74) is 2.81. The van der Waals surface area contributed by atoms with Crippen LogP contribution < -0.4 is 10.6 Å². The van der Waals surface area contributed by atoms with Gasteiger partial charge in [-0.25, -0.2) is 0 Å². The van der Waals surface area contributed by atoms with Crippen molar-refractivity contribution in [1.29, 1.82) is 0 Å². The Morgan fingerprint density at radius 1 is 1.20 bits per heavy atom. The normalized spacial score (nSPS) is 22.9. The molecule has 1 amide bonds. The van der Waals surface area contributed by atoms with Crippen LogP contribution in [0.1, 0.15) is 54.9 Å². The summed E-state index contributed by atoms with van der Waals surface area (Å²) in [6.45, 7) is 4.29. The SMILES string of the molecule is CNc1cc(C)ccc1C(=O)NC1CCCCCC1C. The Kier molecular flexibility index (Phi) is 5.05. The molecule has 0 aliphatic heterocycles. The van der Waals surface area contributed by atoms with Crippen molar-refractivity contribution in [3.8, 4) is 0 Å². The standard InChI is InChI=1S/C17H26N2O/c1-12-9-10-14(16(11-12)18-3)17(20)19-15-8-6-4-5-7-13(15)2/h9-11,13,15,18H,4-8H2,1-3H3,(H,19,20). The smallest absolute Gasteiger partial charge is 0.253 e. The summed E-state index contributed by atoms with van der Waals surface area (Å²) in [6, 6.07) is 6.24. The highest BCUT2D eigenvalue weighted by Gasteiger charge is 2.22. The van der Waals surface area contributed by atoms with Crippen LogP contribution in [0.4, 0.5) is 5.69 Å². The quantitative estimate of drug-likeness (QED) is 0.824. The van der Waals surface area contributed by atoms with E-state index >= 15 is 0 Å². The number of hydrogen-bond donors (Lipinski definition) is 2. The molecule has 1 aliphatic carbocycles. The second-order valence-corrected chi connectivity index (χ2v) is 5.99. The number of nitrogens with one attached hydrogen (secondary N) is 2. The average molecular weight is 274 g/mol. The van der Waals surface area contributed by atoms with Crippen molar-refractivity contribution in [2.45, 2.75) is 52.0 Å². The van der Waals surface area contributed by atoms with Gasteiger partial charge in [-0.05, 0) is 43.4 Å². The first-order valence-corrected chi connectivity index (χ1v) is 7.71. The van der Waals surface area contributed by atoms with E-state index in [-0.39, 0.29) is 5.91 Å². The van der Waals surface area contributed by atoms with Crippen LogP contribution in [0.25, 0.3) is 0 Å². The van der Waals surface area contributed by atoms with E-state index in [1.165, 1.54) is 25.7 Å². The van der Waals surface area contributed by atoms with Crippen LogP contribution in [0.2, 0.25) is 0 Å². The van der Waals surface area contributed by atoms with Gasteiger partial charge in [0, 0.05) is 18.8 Å². The Morgan fingerprint density at radius 2 is 1.95 bits per heavy atom. The molecule has 2 rings (SSSR count). The van der Waals surface area contributed by atoms with Crippen LogP contribution in [0.5, 0.6) is 0 Å². The average Bonchev–Trinajstić information content (AvgIpc) is 2.64. The Bertz CT molecular complexity index is 470. The molecule has 1 saturated carbocycles. The lowest BCUT2D eigenvalue weighted by Gasteiger charge is -2.23. The topological polar surface area (TPSA) is 41.1 Å². The second-order valence-electron chi connectivity index (χ2n) is 5.99. The molecule has 1 aromatic carbocycles. The fraction of sp³-hybridized carbons (Fsp3) is 0.588. The molecule has 2 atom stereocenters.